The number of halogens is 1. The Morgan fingerprint density at radius 1 is 1.06 bits per heavy atom. The summed E-state index contributed by atoms with van der Waals surface area (Å²) in [5.41, 5.74) is 0.109. The van der Waals surface area contributed by atoms with Crippen molar-refractivity contribution >= 4 is 35.4 Å². The van der Waals surface area contributed by atoms with E-state index in [-0.39, 0.29) is 12.2 Å². The summed E-state index contributed by atoms with van der Waals surface area (Å²) in [6, 6.07) is 15.1. The number of nitrogens with one attached hydrogen (secondary N) is 1. The number of benzene rings is 2. The fourth-order valence-electron chi connectivity index (χ4n) is 4.41. The highest BCUT2D eigenvalue weighted by molar-refractivity contribution is 6.31. The van der Waals surface area contributed by atoms with Gasteiger partial charge in [0.2, 0.25) is 12.7 Å². The minimum Gasteiger partial charge on any atom is -0.426 e. The number of amides is 2. The van der Waals surface area contributed by atoms with Crippen molar-refractivity contribution in [2.24, 2.45) is 0 Å². The van der Waals surface area contributed by atoms with Crippen LogP contribution >= 0.6 is 11.6 Å². The van der Waals surface area contributed by atoms with Crippen molar-refractivity contribution in [1.29, 1.82) is 0 Å². The van der Waals surface area contributed by atoms with E-state index in [9.17, 15) is 19.2 Å². The van der Waals surface area contributed by atoms with Gasteiger partial charge in [-0.15, -0.1) is 0 Å². The molecule has 0 bridgehead atoms. The second-order valence-electron chi connectivity index (χ2n) is 8.46. The largest absolute Gasteiger partial charge is 0.426 e. The van der Waals surface area contributed by atoms with Crippen molar-refractivity contribution < 1.29 is 28.7 Å². The third-order valence-corrected chi connectivity index (χ3v) is 6.48. The van der Waals surface area contributed by atoms with Crippen LogP contribution in [-0.2, 0) is 35.8 Å². The molecule has 3 rings (SSSR count). The van der Waals surface area contributed by atoms with Gasteiger partial charge in [0.05, 0.1) is 0 Å². The third-order valence-electron chi connectivity index (χ3n) is 6.15. The zero-order chi connectivity index (χ0) is 25.4. The Bertz CT molecular complexity index is 1080. The van der Waals surface area contributed by atoms with Crippen LogP contribution in [0.25, 0.3) is 0 Å². The van der Waals surface area contributed by atoms with Gasteiger partial charge in [0, 0.05) is 37.4 Å². The van der Waals surface area contributed by atoms with Gasteiger partial charge >= 0.3 is 12.1 Å². The summed E-state index contributed by atoms with van der Waals surface area (Å²) >= 11 is 6.42. The summed E-state index contributed by atoms with van der Waals surface area (Å²) in [6.45, 7) is 0.634. The van der Waals surface area contributed by atoms with Crippen molar-refractivity contribution in [2.45, 2.75) is 50.6 Å². The first kappa shape index (κ1) is 26.2. The molecule has 0 heterocycles. The summed E-state index contributed by atoms with van der Waals surface area (Å²) in [6.07, 6.45) is 1.58. The zero-order valence-electron chi connectivity index (χ0n) is 19.8. The summed E-state index contributed by atoms with van der Waals surface area (Å²) in [7, 11) is 1.48. The Morgan fingerprint density at radius 3 is 2.40 bits per heavy atom. The zero-order valence-corrected chi connectivity index (χ0v) is 20.5. The Hall–Kier alpha value is -3.39. The van der Waals surface area contributed by atoms with Crippen LogP contribution in [-0.4, -0.2) is 48.5 Å². The van der Waals surface area contributed by atoms with E-state index in [4.69, 9.17) is 21.1 Å². The number of carbonyl (C=O) groups excluding carboxylic acids is 4. The van der Waals surface area contributed by atoms with Gasteiger partial charge < -0.3 is 14.8 Å². The molecule has 0 radical (unpaired) electrons. The van der Waals surface area contributed by atoms with Crippen LogP contribution in [0.3, 0.4) is 0 Å². The van der Waals surface area contributed by atoms with Gasteiger partial charge in [0.25, 0.3) is 0 Å². The molecule has 8 nitrogen and oxygen atoms in total. The summed E-state index contributed by atoms with van der Waals surface area (Å²) in [5.74, 6) is -1.26. The number of hydrogen-bond donors (Lipinski definition) is 1. The number of Topliss-reactive ketones (excluding diaryl/α,β-unsaturated/α-hetero) is 1. The van der Waals surface area contributed by atoms with E-state index >= 15 is 0 Å². The number of nitrogens with zero attached hydrogens (tertiary/aromatic N) is 1. The first-order valence-electron chi connectivity index (χ1n) is 11.4. The van der Waals surface area contributed by atoms with Gasteiger partial charge in [0.15, 0.2) is 5.78 Å². The first-order chi connectivity index (χ1) is 16.8. The molecule has 2 aromatic rings. The van der Waals surface area contributed by atoms with E-state index in [1.54, 1.807) is 24.3 Å². The molecule has 1 saturated carbocycles. The van der Waals surface area contributed by atoms with Crippen LogP contribution in [0.1, 0.15) is 43.7 Å². The predicted octanol–water partition coefficient (Wildman–Crippen LogP) is 3.99. The van der Waals surface area contributed by atoms with Gasteiger partial charge in [-0.25, -0.2) is 9.59 Å². The van der Waals surface area contributed by atoms with Gasteiger partial charge in [-0.05, 0) is 30.9 Å². The Balaban J connectivity index is 1.68. The average Bonchev–Trinajstić information content (AvgIpc) is 2.84. The second kappa shape index (κ2) is 11.8. The van der Waals surface area contributed by atoms with Crippen LogP contribution in [0.2, 0.25) is 5.02 Å². The second-order valence-corrected chi connectivity index (χ2v) is 8.87. The highest BCUT2D eigenvalue weighted by atomic mass is 35.5. The van der Waals surface area contributed by atoms with Gasteiger partial charge in [-0.3, -0.25) is 14.5 Å². The normalized spacial score (nSPS) is 18.3. The maximum Gasteiger partial charge on any atom is 0.413 e. The van der Waals surface area contributed by atoms with E-state index in [1.807, 2.05) is 30.3 Å². The summed E-state index contributed by atoms with van der Waals surface area (Å²) in [5, 5.41) is 2.94. The molecule has 186 valence electrons. The highest BCUT2D eigenvalue weighted by Gasteiger charge is 2.48. The molecule has 35 heavy (non-hydrogen) atoms. The maximum absolute atomic E-state index is 13.1. The van der Waals surface area contributed by atoms with Gasteiger partial charge in [-0.1, -0.05) is 60.1 Å². The molecule has 2 atom stereocenters. The SMILES string of the molecule is CC(=O)NC(Cc1ccccc1)C(=O)OCOC(=O)N(C)[C@]1(c2ccccc2Cl)CCCCC1=O. The van der Waals surface area contributed by atoms with Crippen molar-refractivity contribution in [2.75, 3.05) is 13.8 Å². The number of likely N-dealkylation sites (N-methyl/N-ethyl adjacent to an activating group) is 1. The summed E-state index contributed by atoms with van der Waals surface area (Å²) in [4.78, 5) is 51.5. The van der Waals surface area contributed by atoms with Crippen molar-refractivity contribution in [3.8, 4) is 0 Å². The fourth-order valence-corrected chi connectivity index (χ4v) is 4.70. The number of ether oxygens (including phenoxy) is 2. The van der Waals surface area contributed by atoms with Crippen LogP contribution in [0.5, 0.6) is 0 Å². The lowest BCUT2D eigenvalue weighted by Crippen LogP contribution is -2.54. The first-order valence-corrected chi connectivity index (χ1v) is 11.8. The molecule has 0 saturated heterocycles. The van der Waals surface area contributed by atoms with E-state index in [1.165, 1.54) is 18.9 Å². The molecule has 2 amide bonds. The number of hydrogen-bond acceptors (Lipinski definition) is 6. The Morgan fingerprint density at radius 2 is 1.74 bits per heavy atom. The molecule has 1 fully saturated rings. The minimum atomic E-state index is -1.26. The van der Waals surface area contributed by atoms with Crippen LogP contribution in [0.4, 0.5) is 4.79 Å². The van der Waals surface area contributed by atoms with Gasteiger partial charge in [0.1, 0.15) is 11.6 Å². The number of carbonyl (C=O) groups is 4. The molecular weight excluding hydrogens is 472 g/mol. The van der Waals surface area contributed by atoms with Crippen LogP contribution in [0.15, 0.2) is 54.6 Å². The fraction of sp³-hybridized carbons (Fsp3) is 0.385. The third kappa shape index (κ3) is 6.19. The molecule has 2 aromatic carbocycles. The average molecular weight is 501 g/mol. The van der Waals surface area contributed by atoms with E-state index < -0.39 is 36.3 Å². The molecule has 1 N–H and O–H groups in total. The quantitative estimate of drug-likeness (QED) is 0.434. The predicted molar refractivity (Wildman–Crippen MR) is 130 cm³/mol. The van der Waals surface area contributed by atoms with E-state index in [0.717, 1.165) is 18.4 Å². The smallest absolute Gasteiger partial charge is 0.413 e. The molecule has 1 unspecified atom stereocenters. The topological polar surface area (TPSA) is 102 Å². The van der Waals surface area contributed by atoms with E-state index in [0.29, 0.717) is 23.4 Å². The monoisotopic (exact) mass is 500 g/mol. The molecule has 1 aliphatic rings. The molecule has 1 aliphatic carbocycles. The van der Waals surface area contributed by atoms with Crippen molar-refractivity contribution in [3.05, 3.63) is 70.7 Å². The Kier molecular flexibility index (Phi) is 8.87. The van der Waals surface area contributed by atoms with Crippen LogP contribution in [0, 0.1) is 0 Å². The van der Waals surface area contributed by atoms with Crippen LogP contribution < -0.4 is 5.32 Å². The van der Waals surface area contributed by atoms with Crippen molar-refractivity contribution in [3.63, 3.8) is 0 Å². The maximum atomic E-state index is 13.1. The lowest BCUT2D eigenvalue weighted by atomic mass is 9.74. The standard InChI is InChI=1S/C26H29ClN2O6/c1-18(30)28-22(16-19-10-4-3-5-11-19)24(32)34-17-35-25(33)29(2)26(15-9-8-14-23(26)31)20-12-6-7-13-21(20)27/h3-7,10-13,22H,8-9,14-17H2,1-2H3,(H,28,30)/t22?,26-/m0/s1. The number of rotatable bonds is 8. The lowest BCUT2D eigenvalue weighted by Gasteiger charge is -2.43. The lowest BCUT2D eigenvalue weighted by molar-refractivity contribution is -0.157. The minimum absolute atomic E-state index is 0.123. The summed E-state index contributed by atoms with van der Waals surface area (Å²) < 4.78 is 10.3. The Labute approximate surface area is 209 Å². The molecule has 0 aliphatic heterocycles. The van der Waals surface area contributed by atoms with Crippen molar-refractivity contribution in [1.82, 2.24) is 10.2 Å². The van der Waals surface area contributed by atoms with E-state index in [2.05, 4.69) is 5.32 Å². The van der Waals surface area contributed by atoms with Gasteiger partial charge in [-0.2, -0.15) is 0 Å². The molecule has 0 aromatic heterocycles. The molecular formula is C26H29ClN2O6. The number of ketones is 1. The highest BCUT2D eigenvalue weighted by Crippen LogP contribution is 2.42. The number of esters is 1. The molecule has 9 heteroatoms. The molecule has 0 spiro atoms.